The number of hydrogen-bond donors (Lipinski definition) is 4. The molecule has 0 spiro atoms. The number of alkyl carbamates (subject to hydrolysis) is 1. The lowest BCUT2D eigenvalue weighted by Crippen LogP contribution is -2.60. The minimum Gasteiger partial charge on any atom is -0.484 e. The van der Waals surface area contributed by atoms with Crippen LogP contribution in [-0.4, -0.2) is 46.8 Å². The van der Waals surface area contributed by atoms with Gasteiger partial charge in [-0.15, -0.1) is 0 Å². The van der Waals surface area contributed by atoms with Crippen molar-refractivity contribution in [3.8, 4) is 11.8 Å². The number of nitrogens with two attached hydrogens (primary N) is 1. The van der Waals surface area contributed by atoms with Crippen LogP contribution in [0.3, 0.4) is 0 Å². The van der Waals surface area contributed by atoms with Gasteiger partial charge in [0.2, 0.25) is 5.95 Å². The van der Waals surface area contributed by atoms with Crippen molar-refractivity contribution in [1.29, 1.82) is 5.26 Å². The minimum atomic E-state index is -0.568. The molecule has 4 bridgehead atoms. The van der Waals surface area contributed by atoms with Crippen LogP contribution in [0.2, 0.25) is 5.02 Å². The number of carbonyl (C=O) groups excluding carboxylic acids is 2. The zero-order valence-electron chi connectivity index (χ0n) is 24.2. The summed E-state index contributed by atoms with van der Waals surface area (Å²) in [5, 5.41) is 20.1. The van der Waals surface area contributed by atoms with Gasteiger partial charge >= 0.3 is 6.09 Å². The highest BCUT2D eigenvalue weighted by atomic mass is 35.5. The van der Waals surface area contributed by atoms with Gasteiger partial charge in [0.25, 0.3) is 5.91 Å². The number of rotatable bonds is 10. The largest absolute Gasteiger partial charge is 0.484 e. The second kappa shape index (κ2) is 11.8. The van der Waals surface area contributed by atoms with Crippen LogP contribution in [0.5, 0.6) is 5.75 Å². The summed E-state index contributed by atoms with van der Waals surface area (Å²) in [6, 6.07) is 7.39. The van der Waals surface area contributed by atoms with Gasteiger partial charge in [0, 0.05) is 24.2 Å². The van der Waals surface area contributed by atoms with Crippen LogP contribution in [0.4, 0.5) is 16.6 Å². The van der Waals surface area contributed by atoms with Crippen molar-refractivity contribution in [2.24, 2.45) is 28.9 Å². The third-order valence-corrected chi connectivity index (χ3v) is 8.83. The van der Waals surface area contributed by atoms with Gasteiger partial charge in [-0.2, -0.15) is 10.2 Å². The van der Waals surface area contributed by atoms with E-state index in [0.717, 1.165) is 37.7 Å². The standard InChI is InChI=1S/C30H38ClN7O4/c1-29(2,3)42-28(40)37-25-18-6-17-7-19(25)11-30(9-17,10-18)16-36-26-21(12-32)14-35-27(38-26)34-13-20-8-22(4-5-23(20)31)41-15-24(33)39/h4-5,8,14,17-19,25H,6-7,9-11,13,15-16H2,1-3H3,(H2,33,39)(H,37,40)(H2,34,35,36,38)/t17?,18-,19+,25-,30-. The van der Waals surface area contributed by atoms with Crippen LogP contribution >= 0.6 is 11.6 Å². The molecule has 1 aromatic heterocycles. The van der Waals surface area contributed by atoms with E-state index < -0.39 is 11.5 Å². The highest BCUT2D eigenvalue weighted by Gasteiger charge is 2.55. The molecular weight excluding hydrogens is 558 g/mol. The summed E-state index contributed by atoms with van der Waals surface area (Å²) < 4.78 is 10.9. The SMILES string of the molecule is CC(C)(C)OC(=O)N[C@@H]1[C@@H]2CC3C[C@H]1C[C@@](CNc1nc(NCc4cc(OCC(N)=O)ccc4Cl)ncc1C#N)(C3)C2. The average molecular weight is 596 g/mol. The Morgan fingerprint density at radius 1 is 1.19 bits per heavy atom. The topological polar surface area (TPSA) is 164 Å². The van der Waals surface area contributed by atoms with Crippen molar-refractivity contribution >= 4 is 35.4 Å². The van der Waals surface area contributed by atoms with E-state index in [2.05, 4.69) is 32.0 Å². The molecule has 224 valence electrons. The molecule has 11 nitrogen and oxygen atoms in total. The summed E-state index contributed by atoms with van der Waals surface area (Å²) in [6.45, 7) is 6.41. The fourth-order valence-electron chi connectivity index (χ4n) is 7.15. The Balaban J connectivity index is 1.23. The van der Waals surface area contributed by atoms with E-state index in [0.29, 0.717) is 58.9 Å². The molecule has 5 atom stereocenters. The molecule has 42 heavy (non-hydrogen) atoms. The minimum absolute atomic E-state index is 0.0900. The van der Waals surface area contributed by atoms with Gasteiger partial charge in [-0.05, 0) is 99.8 Å². The van der Waals surface area contributed by atoms with Gasteiger partial charge in [-0.25, -0.2) is 9.78 Å². The van der Waals surface area contributed by atoms with Crippen molar-refractivity contribution in [3.05, 3.63) is 40.5 Å². The Hall–Kier alpha value is -3.78. The zero-order chi connectivity index (χ0) is 30.1. The van der Waals surface area contributed by atoms with Crippen LogP contribution in [0, 0.1) is 34.5 Å². The van der Waals surface area contributed by atoms with Crippen molar-refractivity contribution in [2.45, 2.75) is 71.1 Å². The number of hydrogen-bond acceptors (Lipinski definition) is 9. The smallest absolute Gasteiger partial charge is 0.407 e. The Morgan fingerprint density at radius 2 is 1.93 bits per heavy atom. The molecule has 12 heteroatoms. The van der Waals surface area contributed by atoms with Crippen LogP contribution in [0.25, 0.3) is 0 Å². The first-order chi connectivity index (χ1) is 19.9. The monoisotopic (exact) mass is 595 g/mol. The van der Waals surface area contributed by atoms with Crippen LogP contribution < -0.4 is 26.4 Å². The number of nitriles is 1. The normalized spacial score (nSPS) is 25.8. The molecule has 0 radical (unpaired) electrons. The third-order valence-electron chi connectivity index (χ3n) is 8.46. The molecule has 4 fully saturated rings. The number of halogens is 1. The number of amides is 2. The highest BCUT2D eigenvalue weighted by Crippen LogP contribution is 2.60. The summed E-state index contributed by atoms with van der Waals surface area (Å²) in [5.41, 5.74) is 5.82. The number of carbonyl (C=O) groups is 2. The molecule has 0 saturated heterocycles. The summed E-state index contributed by atoms with van der Waals surface area (Å²) >= 11 is 6.36. The maximum atomic E-state index is 12.5. The van der Waals surface area contributed by atoms with Crippen molar-refractivity contribution in [2.75, 3.05) is 23.8 Å². The van der Waals surface area contributed by atoms with Crippen LogP contribution in [0.1, 0.15) is 64.0 Å². The number of anilines is 2. The Kier molecular flexibility index (Phi) is 8.37. The number of benzene rings is 1. The van der Waals surface area contributed by atoms with E-state index in [1.165, 1.54) is 6.20 Å². The average Bonchev–Trinajstić information content (AvgIpc) is 2.91. The molecule has 6 rings (SSSR count). The fraction of sp³-hybridized carbons (Fsp3) is 0.567. The van der Waals surface area contributed by atoms with Gasteiger partial charge in [0.05, 0.1) is 6.20 Å². The number of primary amides is 1. The van der Waals surface area contributed by atoms with E-state index >= 15 is 0 Å². The molecule has 1 aromatic carbocycles. The predicted molar refractivity (Wildman–Crippen MR) is 158 cm³/mol. The first kappa shape index (κ1) is 29.7. The maximum Gasteiger partial charge on any atom is 0.407 e. The second-order valence-electron chi connectivity index (χ2n) is 12.9. The molecule has 4 aliphatic rings. The molecule has 2 amide bonds. The Bertz CT molecular complexity index is 1370. The maximum absolute atomic E-state index is 12.5. The van der Waals surface area contributed by atoms with Crippen molar-refractivity contribution < 1.29 is 19.1 Å². The molecule has 1 heterocycles. The van der Waals surface area contributed by atoms with Gasteiger partial charge in [-0.3, -0.25) is 4.79 Å². The lowest BCUT2D eigenvalue weighted by atomic mass is 9.48. The molecule has 0 aliphatic heterocycles. The first-order valence-corrected chi connectivity index (χ1v) is 14.7. The molecule has 1 unspecified atom stereocenters. The predicted octanol–water partition coefficient (Wildman–Crippen LogP) is 4.61. The summed E-state index contributed by atoms with van der Waals surface area (Å²) in [7, 11) is 0. The van der Waals surface area contributed by atoms with E-state index in [1.807, 2.05) is 20.8 Å². The quantitative estimate of drug-likeness (QED) is 0.307. The molecule has 4 saturated carbocycles. The van der Waals surface area contributed by atoms with Gasteiger partial charge in [-0.1, -0.05) is 11.6 Å². The third kappa shape index (κ3) is 6.98. The molecule has 4 aliphatic carbocycles. The van der Waals surface area contributed by atoms with E-state index in [1.54, 1.807) is 18.2 Å². The van der Waals surface area contributed by atoms with Gasteiger partial charge < -0.3 is 31.2 Å². The summed E-state index contributed by atoms with van der Waals surface area (Å²) in [5.74, 6) is 2.21. The Labute approximate surface area is 250 Å². The summed E-state index contributed by atoms with van der Waals surface area (Å²) in [4.78, 5) is 32.5. The molecule has 2 aromatic rings. The lowest BCUT2D eigenvalue weighted by Gasteiger charge is -2.60. The zero-order valence-corrected chi connectivity index (χ0v) is 25.0. The number of nitrogens with zero attached hydrogens (tertiary/aromatic N) is 3. The van der Waals surface area contributed by atoms with E-state index in [4.69, 9.17) is 26.8 Å². The number of aromatic nitrogens is 2. The van der Waals surface area contributed by atoms with Crippen molar-refractivity contribution in [3.63, 3.8) is 0 Å². The van der Waals surface area contributed by atoms with Crippen LogP contribution in [0.15, 0.2) is 24.4 Å². The van der Waals surface area contributed by atoms with Gasteiger partial charge in [0.15, 0.2) is 6.61 Å². The second-order valence-corrected chi connectivity index (χ2v) is 13.3. The number of nitrogens with one attached hydrogen (secondary N) is 3. The fourth-order valence-corrected chi connectivity index (χ4v) is 7.33. The lowest BCUT2D eigenvalue weighted by molar-refractivity contribution is -0.119. The summed E-state index contributed by atoms with van der Waals surface area (Å²) in [6.07, 6.45) is 6.58. The van der Waals surface area contributed by atoms with E-state index in [9.17, 15) is 14.9 Å². The number of ether oxygens (including phenoxy) is 2. The molecule has 5 N–H and O–H groups in total. The molecular formula is C30H38ClN7O4. The van der Waals surface area contributed by atoms with Crippen molar-refractivity contribution in [1.82, 2.24) is 15.3 Å². The first-order valence-electron chi connectivity index (χ1n) is 14.4. The Morgan fingerprint density at radius 3 is 2.60 bits per heavy atom. The van der Waals surface area contributed by atoms with Crippen LogP contribution in [-0.2, 0) is 16.1 Å². The van der Waals surface area contributed by atoms with E-state index in [-0.39, 0.29) is 24.2 Å². The highest BCUT2D eigenvalue weighted by molar-refractivity contribution is 6.31. The van der Waals surface area contributed by atoms with Gasteiger partial charge in [0.1, 0.15) is 28.8 Å².